The van der Waals surface area contributed by atoms with Crippen LogP contribution >= 0.6 is 0 Å². The number of nitrogens with two attached hydrogens (primary N) is 1. The highest BCUT2D eigenvalue weighted by Crippen LogP contribution is 2.39. The van der Waals surface area contributed by atoms with Crippen LogP contribution < -0.4 is 11.1 Å². The fourth-order valence-electron chi connectivity index (χ4n) is 4.91. The Morgan fingerprint density at radius 2 is 1.48 bits per heavy atom. The third-order valence-electron chi connectivity index (χ3n) is 6.58. The molecule has 0 spiro atoms. The number of nitrogen functional groups attached to an aromatic ring is 1. The Bertz CT molecular complexity index is 1190. The highest BCUT2D eigenvalue weighted by molar-refractivity contribution is 5.96. The number of piperidine rings is 1. The highest BCUT2D eigenvalue weighted by atomic mass is 16.1. The van der Waals surface area contributed by atoms with Crippen molar-refractivity contribution >= 4 is 29.3 Å². The summed E-state index contributed by atoms with van der Waals surface area (Å²) in [7, 11) is 0. The van der Waals surface area contributed by atoms with E-state index in [1.54, 1.807) is 24.3 Å². The molecule has 1 amide bonds. The molecular formula is C29H29N3O. The molecule has 2 aliphatic rings. The molecule has 1 saturated heterocycles. The van der Waals surface area contributed by atoms with Gasteiger partial charge in [-0.2, -0.15) is 0 Å². The number of allylic oxidation sites excluding steroid dienone is 1. The third-order valence-corrected chi connectivity index (χ3v) is 6.58. The Kier molecular flexibility index (Phi) is 5.74. The molecule has 0 saturated carbocycles. The molecular weight excluding hydrogens is 406 g/mol. The fraction of sp³-hybridized carbons (Fsp3) is 0.207. The number of fused-ring (bicyclic) bond motifs is 2. The molecule has 4 heteroatoms. The summed E-state index contributed by atoms with van der Waals surface area (Å²) in [6, 6.07) is 24.3. The number of carbonyl (C=O) groups is 1. The van der Waals surface area contributed by atoms with Crippen molar-refractivity contribution in [2.24, 2.45) is 0 Å². The molecule has 33 heavy (non-hydrogen) atoms. The van der Waals surface area contributed by atoms with Gasteiger partial charge in [-0.3, -0.25) is 4.79 Å². The van der Waals surface area contributed by atoms with Gasteiger partial charge in [0, 0.05) is 29.1 Å². The summed E-state index contributed by atoms with van der Waals surface area (Å²) < 4.78 is 0. The van der Waals surface area contributed by atoms with Crippen molar-refractivity contribution in [1.29, 1.82) is 0 Å². The van der Waals surface area contributed by atoms with Gasteiger partial charge in [-0.25, -0.2) is 0 Å². The van der Waals surface area contributed by atoms with Crippen LogP contribution in [0.2, 0.25) is 0 Å². The number of benzene rings is 3. The van der Waals surface area contributed by atoms with E-state index in [0.717, 1.165) is 25.8 Å². The van der Waals surface area contributed by atoms with Crippen LogP contribution in [-0.4, -0.2) is 23.5 Å². The van der Waals surface area contributed by atoms with Gasteiger partial charge in [0.15, 0.2) is 0 Å². The van der Waals surface area contributed by atoms with Crippen molar-refractivity contribution in [1.82, 2.24) is 10.2 Å². The molecule has 1 fully saturated rings. The predicted molar refractivity (Wildman–Crippen MR) is 136 cm³/mol. The minimum Gasteiger partial charge on any atom is -0.399 e. The van der Waals surface area contributed by atoms with Crippen molar-refractivity contribution < 1.29 is 4.79 Å². The number of rotatable bonds is 3. The van der Waals surface area contributed by atoms with Gasteiger partial charge in [0.2, 0.25) is 0 Å². The topological polar surface area (TPSA) is 58.4 Å². The number of likely N-dealkylation sites (tertiary alicyclic amines) is 1. The lowest BCUT2D eigenvalue weighted by molar-refractivity contribution is 0.0880. The Labute approximate surface area is 195 Å². The van der Waals surface area contributed by atoms with Crippen LogP contribution in [0.25, 0.3) is 17.7 Å². The lowest BCUT2D eigenvalue weighted by Gasteiger charge is -2.39. The first-order valence-corrected chi connectivity index (χ1v) is 11.6. The molecule has 4 nitrogen and oxygen atoms in total. The van der Waals surface area contributed by atoms with Crippen LogP contribution in [0, 0.1) is 0 Å². The lowest BCUT2D eigenvalue weighted by atomic mass is 9.88. The van der Waals surface area contributed by atoms with E-state index in [4.69, 9.17) is 5.73 Å². The van der Waals surface area contributed by atoms with E-state index >= 15 is 0 Å². The number of amides is 1. The third kappa shape index (κ3) is 4.17. The molecule has 1 heterocycles. The maximum Gasteiger partial charge on any atom is 0.252 e. The Morgan fingerprint density at radius 3 is 2.12 bits per heavy atom. The fourth-order valence-corrected chi connectivity index (χ4v) is 4.91. The molecule has 1 unspecified atom stereocenters. The second-order valence-corrected chi connectivity index (χ2v) is 8.75. The number of nitrogens with one attached hydrogen (secondary N) is 1. The molecule has 1 atom stereocenters. The Morgan fingerprint density at radius 1 is 0.879 bits per heavy atom. The molecule has 1 aliphatic carbocycles. The SMILES string of the molecule is CC(NC(=O)c1ccc(N)cc1)N1CCCCC1=C1c2ccccc2C=Cc2ccccc21. The zero-order valence-electron chi connectivity index (χ0n) is 18.9. The largest absolute Gasteiger partial charge is 0.399 e. The van der Waals surface area contributed by atoms with Gasteiger partial charge in [0.25, 0.3) is 5.91 Å². The van der Waals surface area contributed by atoms with Gasteiger partial charge in [-0.15, -0.1) is 0 Å². The predicted octanol–water partition coefficient (Wildman–Crippen LogP) is 5.77. The summed E-state index contributed by atoms with van der Waals surface area (Å²) >= 11 is 0. The van der Waals surface area contributed by atoms with Crippen LogP contribution in [0.15, 0.2) is 78.5 Å². The minimum absolute atomic E-state index is 0.0826. The second kappa shape index (κ2) is 8.99. The number of anilines is 1. The lowest BCUT2D eigenvalue weighted by Crippen LogP contribution is -2.47. The van der Waals surface area contributed by atoms with Gasteiger partial charge in [-0.05, 0) is 72.7 Å². The van der Waals surface area contributed by atoms with Crippen LogP contribution in [0.3, 0.4) is 0 Å². The Hall–Kier alpha value is -3.79. The molecule has 3 N–H and O–H groups in total. The number of hydrogen-bond acceptors (Lipinski definition) is 3. The van der Waals surface area contributed by atoms with Crippen LogP contribution in [0.5, 0.6) is 0 Å². The maximum atomic E-state index is 12.9. The summed E-state index contributed by atoms with van der Waals surface area (Å²) in [5.74, 6) is -0.0826. The van der Waals surface area contributed by atoms with Crippen LogP contribution in [0.1, 0.15) is 58.8 Å². The number of hydrogen-bond donors (Lipinski definition) is 2. The van der Waals surface area contributed by atoms with E-state index in [2.05, 4.69) is 77.8 Å². The summed E-state index contributed by atoms with van der Waals surface area (Å²) in [6.07, 6.45) is 7.53. The Balaban J connectivity index is 1.56. The van der Waals surface area contributed by atoms with Crippen molar-refractivity contribution in [3.8, 4) is 0 Å². The number of carbonyl (C=O) groups excluding carboxylic acids is 1. The summed E-state index contributed by atoms with van der Waals surface area (Å²) in [5.41, 5.74) is 14.6. The summed E-state index contributed by atoms with van der Waals surface area (Å²) in [6.45, 7) is 2.99. The number of nitrogens with zero attached hydrogens (tertiary/aromatic N) is 1. The molecule has 1 aliphatic heterocycles. The molecule has 5 rings (SSSR count). The quantitative estimate of drug-likeness (QED) is 0.402. The van der Waals surface area contributed by atoms with E-state index in [1.807, 2.05) is 0 Å². The standard InChI is InChI=1S/C29H29N3O/c1-20(31-29(33)23-15-17-24(30)18-16-23)32-19-7-6-12-27(32)28-25-10-4-2-8-21(25)13-14-22-9-3-5-11-26(22)28/h2-5,8-11,13-18,20H,6-7,12,19,30H2,1H3,(H,31,33). The minimum atomic E-state index is -0.131. The zero-order valence-corrected chi connectivity index (χ0v) is 18.9. The smallest absolute Gasteiger partial charge is 0.252 e. The van der Waals surface area contributed by atoms with Gasteiger partial charge in [0.05, 0.1) is 6.17 Å². The van der Waals surface area contributed by atoms with Gasteiger partial charge in [0.1, 0.15) is 0 Å². The average molecular weight is 436 g/mol. The monoisotopic (exact) mass is 435 g/mol. The van der Waals surface area contributed by atoms with E-state index in [-0.39, 0.29) is 12.1 Å². The van der Waals surface area contributed by atoms with Gasteiger partial charge >= 0.3 is 0 Å². The normalized spacial score (nSPS) is 16.0. The molecule has 3 aromatic rings. The van der Waals surface area contributed by atoms with Crippen molar-refractivity contribution in [3.63, 3.8) is 0 Å². The first-order valence-electron chi connectivity index (χ1n) is 11.6. The molecule has 0 bridgehead atoms. The van der Waals surface area contributed by atoms with E-state index in [9.17, 15) is 4.79 Å². The van der Waals surface area contributed by atoms with Crippen LogP contribution in [0.4, 0.5) is 5.69 Å². The summed E-state index contributed by atoms with van der Waals surface area (Å²) in [4.78, 5) is 15.3. The van der Waals surface area contributed by atoms with Crippen molar-refractivity contribution in [3.05, 3.63) is 106 Å². The molecule has 166 valence electrons. The maximum absolute atomic E-state index is 12.9. The van der Waals surface area contributed by atoms with Gasteiger partial charge < -0.3 is 16.0 Å². The van der Waals surface area contributed by atoms with Crippen LogP contribution in [-0.2, 0) is 0 Å². The first kappa shape index (κ1) is 21.1. The zero-order chi connectivity index (χ0) is 22.8. The summed E-state index contributed by atoms with van der Waals surface area (Å²) in [5, 5.41) is 3.21. The van der Waals surface area contributed by atoms with Crippen molar-refractivity contribution in [2.45, 2.75) is 32.4 Å². The highest BCUT2D eigenvalue weighted by Gasteiger charge is 2.27. The first-order chi connectivity index (χ1) is 16.1. The van der Waals surface area contributed by atoms with Crippen molar-refractivity contribution in [2.75, 3.05) is 12.3 Å². The van der Waals surface area contributed by atoms with E-state index in [1.165, 1.54) is 33.5 Å². The molecule has 0 aromatic heterocycles. The molecule has 0 radical (unpaired) electrons. The van der Waals surface area contributed by atoms with Gasteiger partial charge in [-0.1, -0.05) is 60.7 Å². The van der Waals surface area contributed by atoms with E-state index < -0.39 is 0 Å². The second-order valence-electron chi connectivity index (χ2n) is 8.75. The van der Waals surface area contributed by atoms with E-state index in [0.29, 0.717) is 11.3 Å². The average Bonchev–Trinajstić information content (AvgIpc) is 3.01. The molecule has 3 aromatic carbocycles.